The van der Waals surface area contributed by atoms with Gasteiger partial charge in [0.1, 0.15) is 0 Å². The van der Waals surface area contributed by atoms with Gasteiger partial charge in [0.15, 0.2) is 0 Å². The van der Waals surface area contributed by atoms with Gasteiger partial charge in [0.25, 0.3) is 0 Å². The van der Waals surface area contributed by atoms with Crippen LogP contribution in [0.4, 0.5) is 0 Å². The second-order valence-corrected chi connectivity index (χ2v) is 6.46. The average Bonchev–Trinajstić information content (AvgIpc) is 2.92. The lowest BCUT2D eigenvalue weighted by Crippen LogP contribution is -2.36. The molecule has 2 aromatic rings. The topological polar surface area (TPSA) is 33.3 Å². The number of hydrogen-bond acceptors (Lipinski definition) is 5. The van der Waals surface area contributed by atoms with Gasteiger partial charge in [-0.1, -0.05) is 0 Å². The quantitative estimate of drug-likeness (QED) is 0.731. The fourth-order valence-corrected chi connectivity index (χ4v) is 3.83. The van der Waals surface area contributed by atoms with E-state index in [2.05, 4.69) is 35.1 Å². The molecule has 3 nitrogen and oxygen atoms in total. The first-order valence-corrected chi connectivity index (χ1v) is 7.88. The number of hydrogen-bond donors (Lipinski definition) is 2. The summed E-state index contributed by atoms with van der Waals surface area (Å²) in [6.45, 7) is 5.82. The van der Waals surface area contributed by atoms with E-state index in [4.69, 9.17) is 4.74 Å². The van der Waals surface area contributed by atoms with Gasteiger partial charge in [-0.05, 0) is 24.4 Å². The predicted molar refractivity (Wildman–Crippen MR) is 80.7 cm³/mol. The largest absolute Gasteiger partial charge is 0.383 e. The zero-order chi connectivity index (χ0) is 12.8. The van der Waals surface area contributed by atoms with E-state index in [1.807, 2.05) is 22.7 Å². The van der Waals surface area contributed by atoms with Crippen molar-refractivity contribution in [2.45, 2.75) is 19.5 Å². The molecule has 1 atom stereocenters. The van der Waals surface area contributed by atoms with E-state index in [-0.39, 0.29) is 0 Å². The average molecular weight is 284 g/mol. The van der Waals surface area contributed by atoms with Crippen LogP contribution in [0.5, 0.6) is 0 Å². The first kappa shape index (κ1) is 14.0. The highest BCUT2D eigenvalue weighted by Gasteiger charge is 2.05. The highest BCUT2D eigenvalue weighted by molar-refractivity contribution is 7.26. The molecule has 2 aromatic heterocycles. The fourth-order valence-electron chi connectivity index (χ4n) is 1.74. The SMILES string of the molecule is COCCNCC(C)NCc1cc2sccc2s1. The summed E-state index contributed by atoms with van der Waals surface area (Å²) in [6.07, 6.45) is 0. The molecule has 18 heavy (non-hydrogen) atoms. The molecule has 0 aliphatic carbocycles. The highest BCUT2D eigenvalue weighted by Crippen LogP contribution is 2.29. The molecule has 2 N–H and O–H groups in total. The van der Waals surface area contributed by atoms with Crippen LogP contribution in [0.15, 0.2) is 17.5 Å². The molecular weight excluding hydrogens is 264 g/mol. The summed E-state index contributed by atoms with van der Waals surface area (Å²) in [5.41, 5.74) is 0. The van der Waals surface area contributed by atoms with E-state index in [0.717, 1.165) is 26.2 Å². The van der Waals surface area contributed by atoms with E-state index >= 15 is 0 Å². The second-order valence-electron chi connectivity index (χ2n) is 4.34. The molecule has 0 aliphatic heterocycles. The van der Waals surface area contributed by atoms with Crippen molar-refractivity contribution in [1.29, 1.82) is 0 Å². The second kappa shape index (κ2) is 7.21. The molecule has 1 unspecified atom stereocenters. The summed E-state index contributed by atoms with van der Waals surface area (Å²) in [5.74, 6) is 0. The highest BCUT2D eigenvalue weighted by atomic mass is 32.1. The molecule has 0 saturated heterocycles. The van der Waals surface area contributed by atoms with E-state index < -0.39 is 0 Å². The molecule has 0 saturated carbocycles. The lowest BCUT2D eigenvalue weighted by molar-refractivity contribution is 0.198. The fraction of sp³-hybridized carbons (Fsp3) is 0.538. The third-order valence-corrected chi connectivity index (χ3v) is 4.84. The first-order chi connectivity index (χ1) is 8.79. The van der Waals surface area contributed by atoms with Crippen molar-refractivity contribution in [3.8, 4) is 0 Å². The molecule has 0 fully saturated rings. The number of thiophene rings is 2. The number of methoxy groups -OCH3 is 1. The van der Waals surface area contributed by atoms with Crippen molar-refractivity contribution in [3.05, 3.63) is 22.4 Å². The molecule has 5 heteroatoms. The third-order valence-electron chi connectivity index (χ3n) is 2.75. The minimum Gasteiger partial charge on any atom is -0.383 e. The lowest BCUT2D eigenvalue weighted by Gasteiger charge is -2.13. The number of ether oxygens (including phenoxy) is 1. The van der Waals surface area contributed by atoms with Crippen LogP contribution in [0.2, 0.25) is 0 Å². The molecule has 0 bridgehead atoms. The maximum Gasteiger partial charge on any atom is 0.0587 e. The van der Waals surface area contributed by atoms with Crippen molar-refractivity contribution >= 4 is 32.1 Å². The van der Waals surface area contributed by atoms with Crippen LogP contribution in [-0.4, -0.2) is 32.8 Å². The van der Waals surface area contributed by atoms with Gasteiger partial charge >= 0.3 is 0 Å². The van der Waals surface area contributed by atoms with Crippen LogP contribution in [0, 0.1) is 0 Å². The Labute approximate surface area is 116 Å². The molecule has 100 valence electrons. The van der Waals surface area contributed by atoms with Gasteiger partial charge in [-0.2, -0.15) is 0 Å². The van der Waals surface area contributed by atoms with Crippen LogP contribution in [0.25, 0.3) is 9.40 Å². The van der Waals surface area contributed by atoms with Crippen molar-refractivity contribution < 1.29 is 4.74 Å². The minimum absolute atomic E-state index is 0.474. The van der Waals surface area contributed by atoms with Crippen molar-refractivity contribution in [2.24, 2.45) is 0 Å². The maximum atomic E-state index is 5.00. The van der Waals surface area contributed by atoms with E-state index in [0.29, 0.717) is 6.04 Å². The predicted octanol–water partition coefficient (Wildman–Crippen LogP) is 2.68. The summed E-state index contributed by atoms with van der Waals surface area (Å²) in [7, 11) is 1.73. The molecule has 2 heterocycles. The first-order valence-electron chi connectivity index (χ1n) is 6.18. The van der Waals surface area contributed by atoms with Crippen molar-refractivity contribution in [3.63, 3.8) is 0 Å². The Morgan fingerprint density at radius 1 is 1.39 bits per heavy atom. The summed E-state index contributed by atoms with van der Waals surface area (Å²) >= 11 is 3.70. The van der Waals surface area contributed by atoms with Crippen LogP contribution >= 0.6 is 22.7 Å². The Hall–Kier alpha value is -0.460. The molecule has 0 spiro atoms. The van der Waals surface area contributed by atoms with Gasteiger partial charge in [-0.15, -0.1) is 22.7 Å². The van der Waals surface area contributed by atoms with Gasteiger partial charge < -0.3 is 15.4 Å². The van der Waals surface area contributed by atoms with E-state index in [1.165, 1.54) is 14.3 Å². The zero-order valence-electron chi connectivity index (χ0n) is 10.9. The van der Waals surface area contributed by atoms with Gasteiger partial charge in [-0.25, -0.2) is 0 Å². The maximum absolute atomic E-state index is 5.00. The summed E-state index contributed by atoms with van der Waals surface area (Å²) < 4.78 is 7.81. The van der Waals surface area contributed by atoms with E-state index in [9.17, 15) is 0 Å². The summed E-state index contributed by atoms with van der Waals surface area (Å²) in [5, 5.41) is 9.05. The van der Waals surface area contributed by atoms with Gasteiger partial charge in [-0.3, -0.25) is 0 Å². The smallest absolute Gasteiger partial charge is 0.0587 e. The lowest BCUT2D eigenvalue weighted by atomic mass is 10.3. The molecule has 0 aromatic carbocycles. The Bertz CT molecular complexity index is 438. The number of nitrogens with one attached hydrogen (secondary N) is 2. The Balaban J connectivity index is 1.69. The number of rotatable bonds is 8. The Kier molecular flexibility index (Phi) is 5.59. The standard InChI is InChI=1S/C13H20N2OS2/c1-10(8-14-4-5-16-2)15-9-11-7-13-12(18-11)3-6-17-13/h3,6-7,10,14-15H,4-5,8-9H2,1-2H3. The Morgan fingerprint density at radius 3 is 3.06 bits per heavy atom. The molecule has 0 aliphatic rings. The van der Waals surface area contributed by atoms with Crippen molar-refractivity contribution in [2.75, 3.05) is 26.8 Å². The van der Waals surface area contributed by atoms with Crippen LogP contribution in [-0.2, 0) is 11.3 Å². The summed E-state index contributed by atoms with van der Waals surface area (Å²) in [6, 6.07) is 4.97. The third kappa shape index (κ3) is 4.03. The van der Waals surface area contributed by atoms with Gasteiger partial charge in [0.2, 0.25) is 0 Å². The van der Waals surface area contributed by atoms with Crippen LogP contribution < -0.4 is 10.6 Å². The van der Waals surface area contributed by atoms with Gasteiger partial charge in [0.05, 0.1) is 6.61 Å². The molecule has 2 rings (SSSR count). The molecular formula is C13H20N2OS2. The zero-order valence-corrected chi connectivity index (χ0v) is 12.5. The van der Waals surface area contributed by atoms with Gasteiger partial charge in [0, 0.05) is 47.1 Å². The number of fused-ring (bicyclic) bond motifs is 1. The molecule has 0 radical (unpaired) electrons. The Morgan fingerprint density at radius 2 is 2.28 bits per heavy atom. The van der Waals surface area contributed by atoms with Crippen molar-refractivity contribution in [1.82, 2.24) is 10.6 Å². The van der Waals surface area contributed by atoms with Crippen LogP contribution in [0.1, 0.15) is 11.8 Å². The minimum atomic E-state index is 0.474. The monoisotopic (exact) mass is 284 g/mol. The van der Waals surface area contributed by atoms with Crippen LogP contribution in [0.3, 0.4) is 0 Å². The molecule has 0 amide bonds. The van der Waals surface area contributed by atoms with E-state index in [1.54, 1.807) is 7.11 Å². The summed E-state index contributed by atoms with van der Waals surface area (Å²) in [4.78, 5) is 1.42. The normalized spacial score (nSPS) is 13.2.